The Morgan fingerprint density at radius 2 is 1.78 bits per heavy atom. The van der Waals surface area contributed by atoms with E-state index in [1.54, 1.807) is 4.90 Å². The van der Waals surface area contributed by atoms with E-state index in [1.165, 1.54) is 0 Å². The standard InChI is InChI=1S/C19H28N2O2/c1-6-10-21(11-7-2)17(22)13-14-8-9-16-15(12-14)19(3,4)18(23)20(16)5/h8-9,12H,6-7,10-11,13H2,1-5H3. The molecule has 4 nitrogen and oxygen atoms in total. The highest BCUT2D eigenvalue weighted by atomic mass is 16.2. The minimum atomic E-state index is -0.518. The number of fused-ring (bicyclic) bond motifs is 1. The van der Waals surface area contributed by atoms with E-state index < -0.39 is 5.41 Å². The summed E-state index contributed by atoms with van der Waals surface area (Å²) in [6.45, 7) is 9.70. The number of benzene rings is 1. The number of nitrogens with zero attached hydrogens (tertiary/aromatic N) is 2. The van der Waals surface area contributed by atoms with Crippen LogP contribution in [0.1, 0.15) is 51.7 Å². The van der Waals surface area contributed by atoms with E-state index in [0.29, 0.717) is 6.42 Å². The molecule has 0 spiro atoms. The summed E-state index contributed by atoms with van der Waals surface area (Å²) in [6, 6.07) is 5.97. The fourth-order valence-corrected chi connectivity index (χ4v) is 3.32. The Bertz CT molecular complexity index is 601. The van der Waals surface area contributed by atoms with Crippen LogP contribution in [0.2, 0.25) is 0 Å². The van der Waals surface area contributed by atoms with Crippen LogP contribution < -0.4 is 4.90 Å². The number of hydrogen-bond acceptors (Lipinski definition) is 2. The van der Waals surface area contributed by atoms with Gasteiger partial charge in [0.1, 0.15) is 0 Å². The maximum atomic E-state index is 12.5. The highest BCUT2D eigenvalue weighted by Gasteiger charge is 2.42. The molecule has 0 aromatic heterocycles. The van der Waals surface area contributed by atoms with Crippen molar-refractivity contribution in [3.05, 3.63) is 29.3 Å². The summed E-state index contributed by atoms with van der Waals surface area (Å²) in [7, 11) is 1.81. The summed E-state index contributed by atoms with van der Waals surface area (Å²) >= 11 is 0. The summed E-state index contributed by atoms with van der Waals surface area (Å²) in [4.78, 5) is 28.5. The monoisotopic (exact) mass is 316 g/mol. The summed E-state index contributed by atoms with van der Waals surface area (Å²) in [5.74, 6) is 0.277. The molecule has 1 aromatic carbocycles. The van der Waals surface area contributed by atoms with E-state index in [4.69, 9.17) is 0 Å². The van der Waals surface area contributed by atoms with Crippen LogP contribution in [0, 0.1) is 0 Å². The van der Waals surface area contributed by atoms with Crippen molar-refractivity contribution in [3.63, 3.8) is 0 Å². The van der Waals surface area contributed by atoms with Gasteiger partial charge in [-0.1, -0.05) is 26.0 Å². The lowest BCUT2D eigenvalue weighted by atomic mass is 9.85. The van der Waals surface area contributed by atoms with Crippen molar-refractivity contribution in [3.8, 4) is 0 Å². The van der Waals surface area contributed by atoms with Gasteiger partial charge in [-0.05, 0) is 43.9 Å². The SMILES string of the molecule is CCCN(CCC)C(=O)Cc1ccc2c(c1)C(C)(C)C(=O)N2C. The first-order valence-corrected chi connectivity index (χ1v) is 8.52. The van der Waals surface area contributed by atoms with Crippen LogP contribution in [0.4, 0.5) is 5.69 Å². The van der Waals surface area contributed by atoms with Gasteiger partial charge in [-0.15, -0.1) is 0 Å². The largest absolute Gasteiger partial charge is 0.342 e. The lowest BCUT2D eigenvalue weighted by molar-refractivity contribution is -0.130. The van der Waals surface area contributed by atoms with Crippen molar-refractivity contribution in [1.29, 1.82) is 0 Å². The van der Waals surface area contributed by atoms with E-state index in [-0.39, 0.29) is 11.8 Å². The van der Waals surface area contributed by atoms with E-state index in [2.05, 4.69) is 13.8 Å². The molecule has 23 heavy (non-hydrogen) atoms. The Kier molecular flexibility index (Phi) is 5.12. The topological polar surface area (TPSA) is 40.6 Å². The summed E-state index contributed by atoms with van der Waals surface area (Å²) in [5.41, 5.74) is 2.44. The fourth-order valence-electron chi connectivity index (χ4n) is 3.32. The molecule has 126 valence electrons. The predicted octanol–water partition coefficient (Wildman–Crippen LogP) is 3.13. The lowest BCUT2D eigenvalue weighted by Crippen LogP contribution is -2.34. The van der Waals surface area contributed by atoms with Crippen molar-refractivity contribution < 1.29 is 9.59 Å². The van der Waals surface area contributed by atoms with Crippen LogP contribution in [-0.2, 0) is 21.4 Å². The molecule has 0 saturated carbocycles. The number of carbonyl (C=O) groups excluding carboxylic acids is 2. The minimum Gasteiger partial charge on any atom is -0.342 e. The number of likely N-dealkylation sites (N-methyl/N-ethyl adjacent to an activating group) is 1. The fraction of sp³-hybridized carbons (Fsp3) is 0.579. The van der Waals surface area contributed by atoms with Gasteiger partial charge in [0, 0.05) is 25.8 Å². The average molecular weight is 316 g/mol. The first-order valence-electron chi connectivity index (χ1n) is 8.52. The van der Waals surface area contributed by atoms with E-state index in [0.717, 1.165) is 42.7 Å². The molecular weight excluding hydrogens is 288 g/mol. The van der Waals surface area contributed by atoms with E-state index in [9.17, 15) is 9.59 Å². The number of anilines is 1. The number of hydrogen-bond donors (Lipinski definition) is 0. The third-order valence-corrected chi connectivity index (χ3v) is 4.63. The van der Waals surface area contributed by atoms with Gasteiger partial charge in [0.05, 0.1) is 11.8 Å². The summed E-state index contributed by atoms with van der Waals surface area (Å²) in [5, 5.41) is 0. The zero-order valence-electron chi connectivity index (χ0n) is 15.0. The predicted molar refractivity (Wildman–Crippen MR) is 93.7 cm³/mol. The second kappa shape index (κ2) is 6.73. The van der Waals surface area contributed by atoms with Gasteiger partial charge >= 0.3 is 0 Å². The summed E-state index contributed by atoms with van der Waals surface area (Å²) < 4.78 is 0. The van der Waals surface area contributed by atoms with Gasteiger partial charge in [0.2, 0.25) is 11.8 Å². The van der Waals surface area contributed by atoms with Crippen molar-refractivity contribution in [1.82, 2.24) is 4.90 Å². The van der Waals surface area contributed by atoms with Gasteiger partial charge in [-0.2, -0.15) is 0 Å². The van der Waals surface area contributed by atoms with Crippen LogP contribution in [0.5, 0.6) is 0 Å². The molecular formula is C19H28N2O2. The molecule has 1 aliphatic heterocycles. The molecule has 0 N–H and O–H groups in total. The molecule has 0 aliphatic carbocycles. The van der Waals surface area contributed by atoms with Gasteiger partial charge in [-0.3, -0.25) is 9.59 Å². The molecule has 0 radical (unpaired) electrons. The molecule has 2 amide bonds. The van der Waals surface area contributed by atoms with Crippen LogP contribution in [0.3, 0.4) is 0 Å². The molecule has 0 fully saturated rings. The molecule has 0 unspecified atom stereocenters. The van der Waals surface area contributed by atoms with Crippen molar-refractivity contribution in [2.75, 3.05) is 25.0 Å². The number of amides is 2. The van der Waals surface area contributed by atoms with Gasteiger partial charge in [-0.25, -0.2) is 0 Å². The maximum Gasteiger partial charge on any atom is 0.236 e. The zero-order chi connectivity index (χ0) is 17.2. The number of rotatable bonds is 6. The third-order valence-electron chi connectivity index (χ3n) is 4.63. The molecule has 0 bridgehead atoms. The maximum absolute atomic E-state index is 12.5. The lowest BCUT2D eigenvalue weighted by Gasteiger charge is -2.22. The first-order chi connectivity index (χ1) is 10.8. The van der Waals surface area contributed by atoms with E-state index >= 15 is 0 Å². The Morgan fingerprint density at radius 1 is 1.17 bits per heavy atom. The Morgan fingerprint density at radius 3 is 2.35 bits per heavy atom. The Labute approximate surface area is 139 Å². The molecule has 0 atom stereocenters. The molecule has 1 aliphatic rings. The molecule has 1 heterocycles. The van der Waals surface area contributed by atoms with Crippen molar-refractivity contribution in [2.45, 2.75) is 52.4 Å². The zero-order valence-corrected chi connectivity index (χ0v) is 15.0. The quantitative estimate of drug-likeness (QED) is 0.809. The smallest absolute Gasteiger partial charge is 0.236 e. The average Bonchev–Trinajstić information content (AvgIpc) is 2.68. The van der Waals surface area contributed by atoms with Crippen molar-refractivity contribution >= 4 is 17.5 Å². The minimum absolute atomic E-state index is 0.106. The van der Waals surface area contributed by atoms with Gasteiger partial charge in [0.15, 0.2) is 0 Å². The second-order valence-corrected chi connectivity index (χ2v) is 6.90. The molecule has 0 saturated heterocycles. The van der Waals surface area contributed by atoms with Gasteiger partial charge in [0.25, 0.3) is 0 Å². The third kappa shape index (κ3) is 3.26. The normalized spacial score (nSPS) is 15.7. The molecule has 4 heteroatoms. The summed E-state index contributed by atoms with van der Waals surface area (Å²) in [6.07, 6.45) is 2.35. The van der Waals surface area contributed by atoms with Crippen LogP contribution in [-0.4, -0.2) is 36.9 Å². The van der Waals surface area contributed by atoms with Gasteiger partial charge < -0.3 is 9.80 Å². The highest BCUT2D eigenvalue weighted by molar-refractivity contribution is 6.07. The Hall–Kier alpha value is -1.84. The van der Waals surface area contributed by atoms with Crippen LogP contribution in [0.25, 0.3) is 0 Å². The van der Waals surface area contributed by atoms with Crippen LogP contribution >= 0.6 is 0 Å². The number of carbonyl (C=O) groups is 2. The molecule has 1 aromatic rings. The molecule has 2 rings (SSSR count). The van der Waals surface area contributed by atoms with E-state index in [1.807, 2.05) is 44.0 Å². The highest BCUT2D eigenvalue weighted by Crippen LogP contribution is 2.41. The van der Waals surface area contributed by atoms with Crippen molar-refractivity contribution in [2.24, 2.45) is 0 Å². The Balaban J connectivity index is 2.22. The van der Waals surface area contributed by atoms with Crippen LogP contribution in [0.15, 0.2) is 18.2 Å². The second-order valence-electron chi connectivity index (χ2n) is 6.90. The first kappa shape index (κ1) is 17.5.